The van der Waals surface area contributed by atoms with Gasteiger partial charge in [0.1, 0.15) is 11.9 Å². The second kappa shape index (κ2) is 10.1. The normalized spacial score (nSPS) is 12.6. The molecule has 1 heterocycles. The van der Waals surface area contributed by atoms with Crippen molar-refractivity contribution in [3.63, 3.8) is 0 Å². The molecule has 1 N–H and O–H groups in total. The van der Waals surface area contributed by atoms with Gasteiger partial charge in [-0.1, -0.05) is 43.7 Å². The Morgan fingerprint density at radius 3 is 2.48 bits per heavy atom. The highest BCUT2D eigenvalue weighted by Crippen LogP contribution is 2.31. The fourth-order valence-electron chi connectivity index (χ4n) is 3.43. The van der Waals surface area contributed by atoms with Crippen molar-refractivity contribution >= 4 is 11.7 Å². The number of anilines is 1. The molecule has 0 saturated heterocycles. The number of nitrogens with one attached hydrogen (secondary N) is 1. The van der Waals surface area contributed by atoms with Gasteiger partial charge in [-0.25, -0.2) is 9.18 Å². The first-order valence-corrected chi connectivity index (χ1v) is 10.5. The van der Waals surface area contributed by atoms with Gasteiger partial charge in [0.15, 0.2) is 6.73 Å². The van der Waals surface area contributed by atoms with Gasteiger partial charge in [0.05, 0.1) is 11.3 Å². The third-order valence-electron chi connectivity index (χ3n) is 5.19. The summed E-state index contributed by atoms with van der Waals surface area (Å²) < 4.78 is 59.6. The van der Waals surface area contributed by atoms with Crippen molar-refractivity contribution in [2.75, 3.05) is 5.32 Å². The van der Waals surface area contributed by atoms with E-state index in [1.54, 1.807) is 24.6 Å². The Morgan fingerprint density at radius 1 is 1.09 bits per heavy atom. The smallest absolute Gasteiger partial charge is 0.416 e. The number of rotatable bonds is 8. The standard InChI is InChI=1S/C25H26F4N2O2/c1-16(2)23(30-22-8-7-20(13-21(22)26)25(27,28)29)24(32)33-15-31-10-9-19(14-31)12-18-6-4-5-17(3)11-18/h4-11,13-14,16,23,30H,12,15H2,1-3H3. The van der Waals surface area contributed by atoms with Crippen LogP contribution in [0.15, 0.2) is 60.9 Å². The van der Waals surface area contributed by atoms with Gasteiger partial charge in [0, 0.05) is 12.4 Å². The number of aromatic nitrogens is 1. The van der Waals surface area contributed by atoms with Crippen molar-refractivity contribution in [2.24, 2.45) is 5.92 Å². The molecule has 0 spiro atoms. The highest BCUT2D eigenvalue weighted by molar-refractivity contribution is 5.79. The van der Waals surface area contributed by atoms with Crippen molar-refractivity contribution in [3.05, 3.63) is 89.0 Å². The van der Waals surface area contributed by atoms with E-state index in [0.717, 1.165) is 24.1 Å². The number of ether oxygens (including phenoxy) is 1. The summed E-state index contributed by atoms with van der Waals surface area (Å²) in [5.74, 6) is -2.01. The molecule has 0 amide bonds. The summed E-state index contributed by atoms with van der Waals surface area (Å²) in [5.41, 5.74) is 2.12. The zero-order valence-corrected chi connectivity index (χ0v) is 18.6. The van der Waals surface area contributed by atoms with Crippen LogP contribution in [0.4, 0.5) is 23.2 Å². The van der Waals surface area contributed by atoms with Gasteiger partial charge in [-0.2, -0.15) is 13.2 Å². The summed E-state index contributed by atoms with van der Waals surface area (Å²) in [7, 11) is 0. The number of hydrogen-bond donors (Lipinski definition) is 1. The molecular weight excluding hydrogens is 436 g/mol. The lowest BCUT2D eigenvalue weighted by Crippen LogP contribution is -2.36. The predicted octanol–water partition coefficient (Wildman–Crippen LogP) is 6.18. The molecule has 0 aliphatic heterocycles. The van der Waals surface area contributed by atoms with Gasteiger partial charge in [0.2, 0.25) is 0 Å². The van der Waals surface area contributed by atoms with Crippen LogP contribution >= 0.6 is 0 Å². The van der Waals surface area contributed by atoms with Gasteiger partial charge in [0.25, 0.3) is 0 Å². The molecule has 0 aliphatic carbocycles. The Balaban J connectivity index is 1.61. The number of alkyl halides is 3. The first-order chi connectivity index (χ1) is 15.5. The maximum Gasteiger partial charge on any atom is 0.416 e. The first kappa shape index (κ1) is 24.4. The SMILES string of the molecule is Cc1cccc(Cc2ccn(COC(=O)C(Nc3ccc(C(F)(F)F)cc3F)C(C)C)c2)c1. The molecule has 4 nitrogen and oxygen atoms in total. The Hall–Kier alpha value is -3.29. The minimum absolute atomic E-state index is 0.0347. The van der Waals surface area contributed by atoms with Crippen molar-refractivity contribution < 1.29 is 27.1 Å². The van der Waals surface area contributed by atoms with Crippen LogP contribution in [-0.4, -0.2) is 16.6 Å². The largest absolute Gasteiger partial charge is 0.442 e. The van der Waals surface area contributed by atoms with E-state index in [-0.39, 0.29) is 18.3 Å². The summed E-state index contributed by atoms with van der Waals surface area (Å²) in [4.78, 5) is 12.6. The molecule has 176 valence electrons. The molecule has 0 fully saturated rings. The monoisotopic (exact) mass is 462 g/mol. The molecule has 8 heteroatoms. The first-order valence-electron chi connectivity index (χ1n) is 10.5. The number of carbonyl (C=O) groups is 1. The predicted molar refractivity (Wildman–Crippen MR) is 118 cm³/mol. The van der Waals surface area contributed by atoms with Crippen LogP contribution in [0, 0.1) is 18.7 Å². The van der Waals surface area contributed by atoms with Gasteiger partial charge in [-0.05, 0) is 54.7 Å². The minimum atomic E-state index is -4.65. The van der Waals surface area contributed by atoms with Gasteiger partial charge >= 0.3 is 12.1 Å². The summed E-state index contributed by atoms with van der Waals surface area (Å²) in [6, 6.07) is 11.3. The number of benzene rings is 2. The second-order valence-electron chi connectivity index (χ2n) is 8.35. The number of aryl methyl sites for hydroxylation is 1. The lowest BCUT2D eigenvalue weighted by atomic mass is 10.0. The van der Waals surface area contributed by atoms with Crippen LogP contribution in [0.5, 0.6) is 0 Å². The molecule has 1 atom stereocenters. The summed E-state index contributed by atoms with van der Waals surface area (Å²) in [6.45, 7) is 5.46. The van der Waals surface area contributed by atoms with Crippen molar-refractivity contribution in [2.45, 2.75) is 46.1 Å². The van der Waals surface area contributed by atoms with Gasteiger partial charge in [-0.15, -0.1) is 0 Å². The highest BCUT2D eigenvalue weighted by Gasteiger charge is 2.32. The fourth-order valence-corrected chi connectivity index (χ4v) is 3.43. The van der Waals surface area contributed by atoms with Crippen LogP contribution in [0.3, 0.4) is 0 Å². The molecule has 0 saturated carbocycles. The molecule has 3 aromatic rings. The lowest BCUT2D eigenvalue weighted by Gasteiger charge is -2.22. The fraction of sp³-hybridized carbons (Fsp3) is 0.320. The van der Waals surface area contributed by atoms with Gasteiger partial charge in [-0.3, -0.25) is 0 Å². The molecule has 33 heavy (non-hydrogen) atoms. The van der Waals surface area contributed by atoms with E-state index in [1.165, 1.54) is 11.1 Å². The number of esters is 1. The number of nitrogens with zero attached hydrogens (tertiary/aromatic N) is 1. The van der Waals surface area contributed by atoms with E-state index >= 15 is 0 Å². The quantitative estimate of drug-likeness (QED) is 0.321. The zero-order chi connectivity index (χ0) is 24.2. The number of hydrogen-bond acceptors (Lipinski definition) is 3. The summed E-state index contributed by atoms with van der Waals surface area (Å²) >= 11 is 0. The summed E-state index contributed by atoms with van der Waals surface area (Å²) in [5, 5.41) is 2.68. The Bertz CT molecular complexity index is 1110. The van der Waals surface area contributed by atoms with Crippen LogP contribution in [-0.2, 0) is 28.9 Å². The molecule has 2 aromatic carbocycles. The summed E-state index contributed by atoms with van der Waals surface area (Å²) in [6.07, 6.45) is -0.231. The number of carbonyl (C=O) groups excluding carboxylic acids is 1. The maximum atomic E-state index is 14.2. The third-order valence-corrected chi connectivity index (χ3v) is 5.19. The zero-order valence-electron chi connectivity index (χ0n) is 18.6. The van der Waals surface area contributed by atoms with Crippen molar-refractivity contribution in [1.82, 2.24) is 4.57 Å². The van der Waals surface area contributed by atoms with E-state index in [1.807, 2.05) is 37.4 Å². The van der Waals surface area contributed by atoms with Crippen molar-refractivity contribution in [1.29, 1.82) is 0 Å². The minimum Gasteiger partial charge on any atom is -0.442 e. The van der Waals surface area contributed by atoms with Crippen LogP contribution in [0.1, 0.15) is 36.1 Å². The molecule has 0 bridgehead atoms. The Labute approximate surface area is 190 Å². The molecule has 1 unspecified atom stereocenters. The van der Waals surface area contributed by atoms with E-state index < -0.39 is 29.6 Å². The molecule has 0 aliphatic rings. The topological polar surface area (TPSA) is 43.3 Å². The third kappa shape index (κ3) is 6.60. The second-order valence-corrected chi connectivity index (χ2v) is 8.35. The van der Waals surface area contributed by atoms with E-state index in [4.69, 9.17) is 4.74 Å². The average molecular weight is 462 g/mol. The maximum absolute atomic E-state index is 14.2. The van der Waals surface area contributed by atoms with E-state index in [9.17, 15) is 22.4 Å². The molecule has 3 rings (SSSR count). The van der Waals surface area contributed by atoms with Gasteiger partial charge < -0.3 is 14.6 Å². The average Bonchev–Trinajstić information content (AvgIpc) is 3.17. The molecule has 0 radical (unpaired) electrons. The highest BCUT2D eigenvalue weighted by atomic mass is 19.4. The van der Waals surface area contributed by atoms with Crippen LogP contribution < -0.4 is 5.32 Å². The number of halogens is 4. The van der Waals surface area contributed by atoms with E-state index in [2.05, 4.69) is 11.4 Å². The Kier molecular flexibility index (Phi) is 7.46. The van der Waals surface area contributed by atoms with Crippen LogP contribution in [0.25, 0.3) is 0 Å². The van der Waals surface area contributed by atoms with Crippen molar-refractivity contribution in [3.8, 4) is 0 Å². The lowest BCUT2D eigenvalue weighted by molar-refractivity contribution is -0.149. The molecule has 1 aromatic heterocycles. The molecular formula is C25H26F4N2O2. The Morgan fingerprint density at radius 2 is 1.85 bits per heavy atom. The van der Waals surface area contributed by atoms with E-state index in [0.29, 0.717) is 6.07 Å². The van der Waals surface area contributed by atoms with Crippen LogP contribution in [0.2, 0.25) is 0 Å².